The van der Waals surface area contributed by atoms with Crippen LogP contribution in [0.3, 0.4) is 0 Å². The van der Waals surface area contributed by atoms with Gasteiger partial charge in [0.2, 0.25) is 5.95 Å². The van der Waals surface area contributed by atoms with Gasteiger partial charge in [-0.3, -0.25) is 9.48 Å². The Morgan fingerprint density at radius 2 is 1.81 bits per heavy atom. The Morgan fingerprint density at radius 3 is 2.43 bits per heavy atom. The van der Waals surface area contributed by atoms with Gasteiger partial charge in [0.05, 0.1) is 13.7 Å². The van der Waals surface area contributed by atoms with Gasteiger partial charge in [-0.05, 0) is 85.9 Å². The molecule has 2 aromatic carbocycles. The zero-order valence-corrected chi connectivity index (χ0v) is 24.4. The SMILES string of the molecule is [C-]#[N+]c1cc(CN(Cc2cc3c(cc2N(CC)CCCCC(=O)OC)CCCC3)c2ncn(C)n2)cc(C(F)(F)F)c1. The van der Waals surface area contributed by atoms with E-state index in [9.17, 15) is 18.0 Å². The summed E-state index contributed by atoms with van der Waals surface area (Å²) in [5.74, 6) is 0.172. The van der Waals surface area contributed by atoms with Crippen molar-refractivity contribution in [3.05, 3.63) is 75.9 Å². The molecule has 1 aliphatic rings. The number of halogens is 3. The van der Waals surface area contributed by atoms with Crippen molar-refractivity contribution in [3.63, 3.8) is 0 Å². The maximum absolute atomic E-state index is 13.7. The Labute approximate surface area is 244 Å². The molecule has 0 N–H and O–H groups in total. The number of ether oxygens (including phenoxy) is 1. The summed E-state index contributed by atoms with van der Waals surface area (Å²) in [6.07, 6.45) is 3.15. The van der Waals surface area contributed by atoms with Gasteiger partial charge in [-0.25, -0.2) is 9.83 Å². The van der Waals surface area contributed by atoms with E-state index >= 15 is 0 Å². The summed E-state index contributed by atoms with van der Waals surface area (Å²) in [6, 6.07) is 7.96. The van der Waals surface area contributed by atoms with Crippen LogP contribution in [0.15, 0.2) is 36.7 Å². The summed E-state index contributed by atoms with van der Waals surface area (Å²) in [5.41, 5.74) is 4.18. The number of carbonyl (C=O) groups excluding carboxylic acids is 1. The van der Waals surface area contributed by atoms with Crippen LogP contribution in [0.4, 0.5) is 30.5 Å². The van der Waals surface area contributed by atoms with Gasteiger partial charge in [0.15, 0.2) is 5.69 Å². The number of rotatable bonds is 12. The maximum atomic E-state index is 13.7. The van der Waals surface area contributed by atoms with Gasteiger partial charge < -0.3 is 14.5 Å². The van der Waals surface area contributed by atoms with Crippen LogP contribution in [0.5, 0.6) is 0 Å². The van der Waals surface area contributed by atoms with E-state index in [0.717, 1.165) is 68.6 Å². The highest BCUT2D eigenvalue weighted by Crippen LogP contribution is 2.35. The van der Waals surface area contributed by atoms with Gasteiger partial charge in [0.1, 0.15) is 6.33 Å². The number of carbonyl (C=O) groups is 1. The van der Waals surface area contributed by atoms with Crippen molar-refractivity contribution in [3.8, 4) is 0 Å². The van der Waals surface area contributed by atoms with Crippen molar-refractivity contribution < 1.29 is 22.7 Å². The van der Waals surface area contributed by atoms with E-state index in [4.69, 9.17) is 11.3 Å². The first-order valence-electron chi connectivity index (χ1n) is 14.3. The van der Waals surface area contributed by atoms with Crippen molar-refractivity contribution in [2.24, 2.45) is 7.05 Å². The Bertz CT molecular complexity index is 1430. The number of aromatic nitrogens is 3. The average molecular weight is 583 g/mol. The number of anilines is 2. The van der Waals surface area contributed by atoms with Crippen LogP contribution in [0, 0.1) is 6.57 Å². The molecule has 8 nitrogen and oxygen atoms in total. The number of methoxy groups -OCH3 is 1. The zero-order valence-electron chi connectivity index (χ0n) is 24.4. The molecule has 0 fully saturated rings. The normalized spacial score (nSPS) is 12.9. The van der Waals surface area contributed by atoms with Crippen LogP contribution >= 0.6 is 0 Å². The Morgan fingerprint density at radius 1 is 1.07 bits per heavy atom. The molecule has 0 saturated heterocycles. The lowest BCUT2D eigenvalue weighted by Crippen LogP contribution is -2.29. The summed E-state index contributed by atoms with van der Waals surface area (Å²) in [4.78, 5) is 23.5. The molecule has 0 saturated carbocycles. The van der Waals surface area contributed by atoms with Gasteiger partial charge in [-0.15, -0.1) is 5.10 Å². The van der Waals surface area contributed by atoms with Gasteiger partial charge in [0.25, 0.3) is 0 Å². The van der Waals surface area contributed by atoms with E-state index in [1.165, 1.54) is 24.3 Å². The number of unbranched alkanes of at least 4 members (excludes halogenated alkanes) is 1. The van der Waals surface area contributed by atoms with Gasteiger partial charge >= 0.3 is 12.1 Å². The standard InChI is InChI=1S/C31H37F3N6O2/c1-5-39(13-9-8-12-29(41)42-4)28-17-24-11-7-6-10-23(24)16-25(28)20-40(30-36-21-38(3)37-30)19-22-14-26(31(32,33)34)18-27(15-22)35-2/h14-18,21H,5-13,19-20H2,1,3-4H3. The molecule has 0 unspecified atom stereocenters. The number of esters is 1. The molecule has 11 heteroatoms. The summed E-state index contributed by atoms with van der Waals surface area (Å²) in [6.45, 7) is 11.4. The van der Waals surface area contributed by atoms with Crippen molar-refractivity contribution in [2.45, 2.75) is 71.1 Å². The van der Waals surface area contributed by atoms with Gasteiger partial charge in [0, 0.05) is 50.9 Å². The summed E-state index contributed by atoms with van der Waals surface area (Å²) in [7, 11) is 3.14. The maximum Gasteiger partial charge on any atom is 0.415 e. The third kappa shape index (κ3) is 7.81. The van der Waals surface area contributed by atoms with Crippen LogP contribution in [-0.2, 0) is 48.7 Å². The van der Waals surface area contributed by atoms with E-state index in [1.807, 2.05) is 4.90 Å². The van der Waals surface area contributed by atoms with E-state index < -0.39 is 11.7 Å². The molecule has 1 aromatic heterocycles. The predicted molar refractivity (Wildman–Crippen MR) is 155 cm³/mol. The minimum absolute atomic E-state index is 0.0627. The molecule has 224 valence electrons. The molecule has 42 heavy (non-hydrogen) atoms. The summed E-state index contributed by atoms with van der Waals surface area (Å²) < 4.78 is 47.3. The Kier molecular flexibility index (Phi) is 10.1. The van der Waals surface area contributed by atoms with Crippen molar-refractivity contribution in [2.75, 3.05) is 30.0 Å². The highest BCUT2D eigenvalue weighted by molar-refractivity contribution is 5.69. The van der Waals surface area contributed by atoms with E-state index in [2.05, 4.69) is 38.9 Å². The number of alkyl halides is 3. The van der Waals surface area contributed by atoms with E-state index in [0.29, 0.717) is 30.9 Å². The number of nitrogens with zero attached hydrogens (tertiary/aromatic N) is 6. The zero-order chi connectivity index (χ0) is 30.3. The Hall–Kier alpha value is -4.07. The Balaban J connectivity index is 1.70. The van der Waals surface area contributed by atoms with Crippen LogP contribution in [0.25, 0.3) is 4.85 Å². The van der Waals surface area contributed by atoms with Crippen LogP contribution in [0.1, 0.15) is 66.8 Å². The number of hydrogen-bond donors (Lipinski definition) is 0. The molecule has 0 radical (unpaired) electrons. The van der Waals surface area contributed by atoms with Crippen molar-refractivity contribution in [1.29, 1.82) is 0 Å². The van der Waals surface area contributed by atoms with Crippen molar-refractivity contribution >= 4 is 23.3 Å². The molecular formula is C31H37F3N6O2. The summed E-state index contributed by atoms with van der Waals surface area (Å²) in [5, 5.41) is 4.48. The quantitative estimate of drug-likeness (QED) is 0.136. The summed E-state index contributed by atoms with van der Waals surface area (Å²) >= 11 is 0. The van der Waals surface area contributed by atoms with E-state index in [-0.39, 0.29) is 18.2 Å². The topological polar surface area (TPSA) is 67.8 Å². The molecule has 0 amide bonds. The smallest absolute Gasteiger partial charge is 0.415 e. The molecule has 0 aliphatic heterocycles. The van der Waals surface area contributed by atoms with Gasteiger partial charge in [-0.1, -0.05) is 12.1 Å². The second-order valence-corrected chi connectivity index (χ2v) is 10.6. The minimum Gasteiger partial charge on any atom is -0.469 e. The van der Waals surface area contributed by atoms with Crippen molar-refractivity contribution in [1.82, 2.24) is 14.8 Å². The number of benzene rings is 2. The molecule has 0 bridgehead atoms. The molecule has 0 spiro atoms. The first-order valence-corrected chi connectivity index (χ1v) is 14.3. The van der Waals surface area contributed by atoms with E-state index in [1.54, 1.807) is 18.1 Å². The first-order chi connectivity index (χ1) is 20.1. The molecule has 4 rings (SSSR count). The highest BCUT2D eigenvalue weighted by Gasteiger charge is 2.31. The van der Waals surface area contributed by atoms with Gasteiger partial charge in [-0.2, -0.15) is 13.2 Å². The number of hydrogen-bond acceptors (Lipinski definition) is 6. The fraction of sp³-hybridized carbons (Fsp3) is 0.484. The van der Waals surface area contributed by atoms with Crippen LogP contribution in [-0.4, -0.2) is 40.9 Å². The molecule has 1 heterocycles. The molecule has 3 aromatic rings. The van der Waals surface area contributed by atoms with Crippen LogP contribution in [0.2, 0.25) is 0 Å². The third-order valence-corrected chi connectivity index (χ3v) is 7.59. The molecule has 1 aliphatic carbocycles. The number of fused-ring (bicyclic) bond motifs is 1. The lowest BCUT2D eigenvalue weighted by molar-refractivity contribution is -0.140. The second kappa shape index (κ2) is 13.7. The lowest BCUT2D eigenvalue weighted by atomic mass is 9.89. The van der Waals surface area contributed by atoms with Crippen LogP contribution < -0.4 is 9.80 Å². The average Bonchev–Trinajstić information content (AvgIpc) is 3.42. The largest absolute Gasteiger partial charge is 0.469 e. The predicted octanol–water partition coefficient (Wildman–Crippen LogP) is 6.64. The molecule has 0 atom stereocenters. The molecular weight excluding hydrogens is 545 g/mol. The second-order valence-electron chi connectivity index (χ2n) is 10.6. The first kappa shape index (κ1) is 30.9. The monoisotopic (exact) mass is 582 g/mol. The number of aryl methyl sites for hydroxylation is 3. The fourth-order valence-electron chi connectivity index (χ4n) is 5.46. The fourth-order valence-corrected chi connectivity index (χ4v) is 5.46. The minimum atomic E-state index is -4.56. The third-order valence-electron chi connectivity index (χ3n) is 7.59. The lowest BCUT2D eigenvalue weighted by Gasteiger charge is -2.31. The highest BCUT2D eigenvalue weighted by atomic mass is 19.4.